The van der Waals surface area contributed by atoms with Gasteiger partial charge in [0.15, 0.2) is 0 Å². The molecular weight excluding hydrogens is 1980 g/mol. The number of benzene rings is 11. The highest BCUT2D eigenvalue weighted by molar-refractivity contribution is 9.10. The Bertz CT molecular complexity index is 3140. The molecule has 0 amide bonds. The van der Waals surface area contributed by atoms with E-state index in [-0.39, 0.29) is 39.6 Å². The Hall–Kier alpha value is -5.96. The second kappa shape index (κ2) is 130. The van der Waals surface area contributed by atoms with E-state index in [0.717, 1.165) is 61.1 Å². The lowest BCUT2D eigenvalue weighted by Gasteiger charge is -1.98. The first-order valence-corrected chi connectivity index (χ1v) is 49.0. The number of fused-ring (bicyclic) bond motifs is 2. The number of halogens is 10. The SMILES string of the molecule is CCBr.CCBr.CCBr.CCBr.CCBr.CCBr.CCCl.CCCl.CCCl.CCCl.CCO.CCO.CCO.CCO.CCO.OCc1ccccc1.c1ccc(-c2ccccc2)cc1.c1ccc(-c2ccccc2)cc1.c1ccc(-c2ccccc2)cc1.c1ccc2ccccc2c1.c1ccc2ccccc2c1.c1ccncc1.c1ccncc1. The molecule has 13 rings (SSSR count). The molecule has 0 spiro atoms. The molecule has 8 nitrogen and oxygen atoms in total. The average Bonchev–Trinajstić information content (AvgIpc) is 0.872. The summed E-state index contributed by atoms with van der Waals surface area (Å²) in [5, 5.41) is 58.0. The Labute approximate surface area is 804 Å². The van der Waals surface area contributed by atoms with Crippen LogP contribution in [0.1, 0.15) is 109 Å². The van der Waals surface area contributed by atoms with E-state index >= 15 is 0 Å². The molecule has 11 aromatic carbocycles. The minimum absolute atomic E-state index is 0.140. The Morgan fingerprint density at radius 1 is 0.190 bits per heavy atom. The number of alkyl halides is 10. The molecule has 13 aromatic rings. The monoisotopic (exact) mass is 2120 g/mol. The summed E-state index contributed by atoms with van der Waals surface area (Å²) >= 11 is 38.9. The third kappa shape index (κ3) is 114. The van der Waals surface area contributed by atoms with E-state index in [1.165, 1.54) is 54.9 Å². The van der Waals surface area contributed by atoms with Gasteiger partial charge in [0.25, 0.3) is 0 Å². The zero-order chi connectivity index (χ0) is 93.2. The van der Waals surface area contributed by atoms with E-state index in [1.807, 2.05) is 172 Å². The second-order valence-electron chi connectivity index (χ2n) is 20.8. The summed E-state index contributed by atoms with van der Waals surface area (Å²) < 4.78 is 0. The molecule has 2 aromatic heterocycles. The second-order valence-corrected chi connectivity index (χ2v) is 29.7. The highest BCUT2D eigenvalue weighted by Crippen LogP contribution is 2.20. The lowest BCUT2D eigenvalue weighted by molar-refractivity contribution is 0.282. The zero-order valence-electron chi connectivity index (χ0n) is 74.4. The number of aliphatic hydroxyl groups excluding tert-OH is 6. The molecule has 0 radical (unpaired) electrons. The van der Waals surface area contributed by atoms with Crippen LogP contribution >= 0.6 is 142 Å². The fraction of sp³-hybridized carbons (Fsp3) is 0.301. The number of pyridine rings is 2. The molecule has 0 unspecified atom stereocenters. The van der Waals surface area contributed by atoms with Gasteiger partial charge in [0.2, 0.25) is 0 Å². The molecule has 0 saturated carbocycles. The molecule has 2 heterocycles. The maximum absolute atomic E-state index is 8.54. The van der Waals surface area contributed by atoms with Crippen molar-refractivity contribution in [2.24, 2.45) is 0 Å². The van der Waals surface area contributed by atoms with Crippen molar-refractivity contribution in [2.75, 3.05) is 88.5 Å². The standard InChI is InChI=1S/3C12H10.2C10H8.C7H8O.2C5H5N.6C2H5Br.4C2H5Cl.5C2H6O/c3*1-3-7-11(8-4-1)12-9-5-2-6-10-12;2*1-2-6-10-8-4-3-7-9(10)5-1;8-6-7-4-2-1-3-5-7;2*1-2-4-6-5-3-1;15*1-2-3/h3*1-10H;2*1-8H;1-5,8H,6H2;2*1-5H;10*2H2,1H3;5*3H,2H2,1H3. The fourth-order valence-corrected chi connectivity index (χ4v) is 7.26. The van der Waals surface area contributed by atoms with E-state index in [4.69, 9.17) is 77.0 Å². The van der Waals surface area contributed by atoms with Gasteiger partial charge < -0.3 is 30.6 Å². The van der Waals surface area contributed by atoms with Gasteiger partial charge in [-0.1, -0.05) is 486 Å². The van der Waals surface area contributed by atoms with Crippen LogP contribution in [-0.2, 0) is 6.61 Å². The van der Waals surface area contributed by atoms with Crippen molar-refractivity contribution in [3.63, 3.8) is 0 Å². The van der Waals surface area contributed by atoms with Gasteiger partial charge in [0, 0.05) is 113 Å². The van der Waals surface area contributed by atoms with Crippen molar-refractivity contribution in [1.29, 1.82) is 0 Å². The van der Waals surface area contributed by atoms with E-state index < -0.39 is 0 Å². The molecule has 0 fully saturated rings. The molecule has 672 valence electrons. The van der Waals surface area contributed by atoms with E-state index in [1.54, 1.807) is 59.4 Å². The summed E-state index contributed by atoms with van der Waals surface area (Å²) in [5.41, 5.74) is 8.62. The number of nitrogens with zero attached hydrogens (tertiary/aromatic N) is 2. The Balaban J connectivity index is -0.000000137. The van der Waals surface area contributed by atoms with Crippen molar-refractivity contribution in [3.8, 4) is 33.4 Å². The number of hydrogen-bond donors (Lipinski definition) is 6. The predicted molar refractivity (Wildman–Crippen MR) is 571 cm³/mol. The van der Waals surface area contributed by atoms with Gasteiger partial charge in [-0.2, -0.15) is 0 Å². The van der Waals surface area contributed by atoms with Crippen molar-refractivity contribution in [3.05, 3.63) is 376 Å². The van der Waals surface area contributed by atoms with Crippen LogP contribution in [-0.4, -0.2) is 129 Å². The third-order valence-corrected chi connectivity index (χ3v) is 11.1. The molecule has 0 aliphatic rings. The first kappa shape index (κ1) is 136. The number of aromatic nitrogens is 2. The van der Waals surface area contributed by atoms with Crippen LogP contribution in [0.4, 0.5) is 0 Å². The van der Waals surface area contributed by atoms with Crippen LogP contribution in [0.3, 0.4) is 0 Å². The normalized spacial score (nSPS) is 8.16. The van der Waals surface area contributed by atoms with Crippen LogP contribution in [0.25, 0.3) is 54.9 Å². The van der Waals surface area contributed by atoms with Gasteiger partial charge in [-0.05, 0) is 119 Å². The van der Waals surface area contributed by atoms with Crippen LogP contribution < -0.4 is 0 Å². The maximum atomic E-state index is 8.54. The van der Waals surface area contributed by atoms with Crippen molar-refractivity contribution < 1.29 is 30.6 Å². The highest BCUT2D eigenvalue weighted by Gasteiger charge is 1.95. The van der Waals surface area contributed by atoms with Crippen molar-refractivity contribution in [1.82, 2.24) is 9.97 Å². The largest absolute Gasteiger partial charge is 0.397 e. The number of aliphatic hydroxyl groups is 6. The minimum atomic E-state index is 0.140. The molecule has 121 heavy (non-hydrogen) atoms. The summed E-state index contributed by atoms with van der Waals surface area (Å²) in [6.45, 7) is 29.6. The van der Waals surface area contributed by atoms with Gasteiger partial charge >= 0.3 is 0 Å². The average molecular weight is 2130 g/mol. The van der Waals surface area contributed by atoms with Crippen LogP contribution in [0.5, 0.6) is 0 Å². The fourth-order valence-electron chi connectivity index (χ4n) is 7.26. The van der Waals surface area contributed by atoms with E-state index in [2.05, 4.69) is 348 Å². The van der Waals surface area contributed by atoms with Crippen LogP contribution in [0.15, 0.2) is 371 Å². The molecule has 6 N–H and O–H groups in total. The maximum Gasteiger partial charge on any atom is 0.0681 e. The first-order valence-electron chi connectivity index (χ1n) is 40.2. The smallest absolute Gasteiger partial charge is 0.0681 e. The Morgan fingerprint density at radius 2 is 0.289 bits per heavy atom. The predicted octanol–water partition coefficient (Wildman–Crippen LogP) is 32.5. The molecule has 0 bridgehead atoms. The van der Waals surface area contributed by atoms with Gasteiger partial charge in [-0.3, -0.25) is 9.97 Å². The summed E-state index contributed by atoms with van der Waals surface area (Å²) in [7, 11) is 0. The highest BCUT2D eigenvalue weighted by atomic mass is 79.9. The van der Waals surface area contributed by atoms with Gasteiger partial charge in [0.1, 0.15) is 0 Å². The van der Waals surface area contributed by atoms with Crippen LogP contribution in [0.2, 0.25) is 0 Å². The summed E-state index contributed by atoms with van der Waals surface area (Å²) in [5.74, 6) is 2.89. The third-order valence-electron chi connectivity index (χ3n) is 11.1. The zero-order valence-corrected chi connectivity index (χ0v) is 86.9. The Morgan fingerprint density at radius 3 is 0.372 bits per heavy atom. The van der Waals surface area contributed by atoms with E-state index in [0.29, 0.717) is 0 Å². The molecule has 0 aliphatic heterocycles. The Kier molecular flexibility index (Phi) is 145. The lowest BCUT2D eigenvalue weighted by atomic mass is 10.1. The molecule has 0 saturated heterocycles. The minimum Gasteiger partial charge on any atom is -0.397 e. The van der Waals surface area contributed by atoms with Gasteiger partial charge in [-0.25, -0.2) is 0 Å². The molecule has 18 heteroatoms. The van der Waals surface area contributed by atoms with Crippen molar-refractivity contribution >= 4 is 164 Å². The lowest BCUT2D eigenvalue weighted by Crippen LogP contribution is -1.77. The summed E-state index contributed by atoms with van der Waals surface area (Å²) in [6, 6.07) is 117. The van der Waals surface area contributed by atoms with Crippen LogP contribution in [0, 0.1) is 0 Å². The van der Waals surface area contributed by atoms with Crippen molar-refractivity contribution in [2.45, 2.75) is 110 Å². The topological polar surface area (TPSA) is 147 Å². The quantitative estimate of drug-likeness (QED) is 0.0955. The van der Waals surface area contributed by atoms with Gasteiger partial charge in [-0.15, -0.1) is 46.4 Å². The van der Waals surface area contributed by atoms with Gasteiger partial charge in [0.05, 0.1) is 6.61 Å². The molecular formula is C103H144Br6Cl4N2O6. The summed E-state index contributed by atoms with van der Waals surface area (Å²) in [4.78, 5) is 7.57. The number of hydrogen-bond acceptors (Lipinski definition) is 8. The van der Waals surface area contributed by atoms with E-state index in [9.17, 15) is 0 Å². The molecule has 0 atom stereocenters. The first-order chi connectivity index (χ1) is 59.0. The summed E-state index contributed by atoms with van der Waals surface area (Å²) in [6.07, 6.45) is 7.00. The molecule has 0 aliphatic carbocycles. The number of rotatable bonds is 4.